The Balaban J connectivity index is 1.23. The largest absolute Gasteiger partial charge is 0.436 e. The number of carbonyl (C=O) groups is 3. The number of hydrogen-bond acceptors (Lipinski definition) is 4. The van der Waals surface area contributed by atoms with Crippen LogP contribution in [0.2, 0.25) is 5.02 Å². The molecule has 0 bridgehead atoms. The molecule has 0 saturated heterocycles. The first-order valence-corrected chi connectivity index (χ1v) is 11.7. The van der Waals surface area contributed by atoms with Crippen LogP contribution >= 0.6 is 11.6 Å². The molecule has 0 spiro atoms. The Kier molecular flexibility index (Phi) is 6.07. The lowest BCUT2D eigenvalue weighted by Gasteiger charge is -2.15. The standard InChI is InChI=1S/C25H20ClF3N4O3/c26-19-20(14-9-10-14)32(31-21(19)25(27,28)29)12-4-11-30-22(34)15-5-3-6-16(13-15)33-23(35)17-7-1-2-8-18(17)24(33)36/h1-3,5-8,13-14H,4,9-12H2,(H,30,34). The summed E-state index contributed by atoms with van der Waals surface area (Å²) in [5, 5.41) is 6.05. The van der Waals surface area contributed by atoms with Crippen molar-refractivity contribution in [2.75, 3.05) is 11.4 Å². The van der Waals surface area contributed by atoms with Gasteiger partial charge in [0.2, 0.25) is 0 Å². The van der Waals surface area contributed by atoms with Crippen molar-refractivity contribution in [3.8, 4) is 0 Å². The third-order valence-corrected chi connectivity index (χ3v) is 6.53. The van der Waals surface area contributed by atoms with E-state index < -0.39 is 29.6 Å². The van der Waals surface area contributed by atoms with Gasteiger partial charge in [-0.3, -0.25) is 19.1 Å². The molecule has 3 aromatic rings. The Hall–Kier alpha value is -3.66. The smallest absolute Gasteiger partial charge is 0.352 e. The Morgan fingerprint density at radius 1 is 1.06 bits per heavy atom. The quantitative estimate of drug-likeness (QED) is 0.352. The zero-order valence-corrected chi connectivity index (χ0v) is 19.6. The van der Waals surface area contributed by atoms with Crippen LogP contribution in [0.5, 0.6) is 0 Å². The van der Waals surface area contributed by atoms with Crippen LogP contribution in [0.1, 0.15) is 67.6 Å². The van der Waals surface area contributed by atoms with Crippen LogP contribution in [-0.4, -0.2) is 34.0 Å². The van der Waals surface area contributed by atoms with Crippen LogP contribution in [0, 0.1) is 0 Å². The summed E-state index contributed by atoms with van der Waals surface area (Å²) in [6.45, 7) is 0.343. The summed E-state index contributed by atoms with van der Waals surface area (Å²) in [6.07, 6.45) is -2.77. The number of amides is 3. The molecule has 0 radical (unpaired) electrons. The highest BCUT2D eigenvalue weighted by atomic mass is 35.5. The van der Waals surface area contributed by atoms with Gasteiger partial charge < -0.3 is 5.32 Å². The van der Waals surface area contributed by atoms with Gasteiger partial charge in [0.25, 0.3) is 17.7 Å². The first-order valence-electron chi connectivity index (χ1n) is 11.4. The minimum atomic E-state index is -4.63. The highest BCUT2D eigenvalue weighted by Gasteiger charge is 2.42. The highest BCUT2D eigenvalue weighted by Crippen LogP contribution is 2.46. The summed E-state index contributed by atoms with van der Waals surface area (Å²) in [6, 6.07) is 12.6. The van der Waals surface area contributed by atoms with Crippen LogP contribution in [0.3, 0.4) is 0 Å². The molecular formula is C25H20ClF3N4O3. The van der Waals surface area contributed by atoms with E-state index in [-0.39, 0.29) is 35.3 Å². The van der Waals surface area contributed by atoms with Crippen LogP contribution in [-0.2, 0) is 12.7 Å². The summed E-state index contributed by atoms with van der Waals surface area (Å²) in [7, 11) is 0. The van der Waals surface area contributed by atoms with Gasteiger partial charge in [0.1, 0.15) is 0 Å². The number of imide groups is 1. The first kappa shape index (κ1) is 24.1. The lowest BCUT2D eigenvalue weighted by Crippen LogP contribution is -2.30. The highest BCUT2D eigenvalue weighted by molar-refractivity contribution is 6.34. The molecule has 1 aromatic heterocycles. The summed E-state index contributed by atoms with van der Waals surface area (Å²) in [5.74, 6) is -1.39. The first-order chi connectivity index (χ1) is 17.2. The Bertz CT molecular complexity index is 1350. The topological polar surface area (TPSA) is 84.3 Å². The SMILES string of the molecule is O=C(NCCCn1nc(C(F)(F)F)c(Cl)c1C1CC1)c1cccc(N2C(=O)c3ccccc3C2=O)c1. The minimum absolute atomic E-state index is 0.0272. The number of carbonyl (C=O) groups excluding carboxylic acids is 3. The summed E-state index contributed by atoms with van der Waals surface area (Å²) < 4.78 is 40.9. The fraction of sp³-hybridized carbons (Fsp3) is 0.280. The second-order valence-corrected chi connectivity index (χ2v) is 9.07. The molecule has 36 heavy (non-hydrogen) atoms. The third kappa shape index (κ3) is 4.37. The zero-order valence-electron chi connectivity index (χ0n) is 18.8. The second-order valence-electron chi connectivity index (χ2n) is 8.69. The number of alkyl halides is 3. The number of aromatic nitrogens is 2. The van der Waals surface area contributed by atoms with E-state index in [0.717, 1.165) is 17.7 Å². The average molecular weight is 517 g/mol. The number of rotatable bonds is 7. The maximum atomic E-state index is 13.2. The lowest BCUT2D eigenvalue weighted by atomic mass is 10.1. The van der Waals surface area contributed by atoms with Crippen molar-refractivity contribution >= 4 is 35.0 Å². The van der Waals surface area contributed by atoms with E-state index in [1.165, 1.54) is 10.7 Å². The number of halogens is 4. The zero-order chi connectivity index (χ0) is 25.6. The van der Waals surface area contributed by atoms with Gasteiger partial charge in [0, 0.05) is 24.6 Å². The maximum Gasteiger partial charge on any atom is 0.436 e. The molecule has 1 aliphatic carbocycles. The van der Waals surface area contributed by atoms with Crippen molar-refractivity contribution in [1.82, 2.24) is 15.1 Å². The fourth-order valence-electron chi connectivity index (χ4n) is 4.29. The van der Waals surface area contributed by atoms with E-state index in [4.69, 9.17) is 11.6 Å². The molecule has 3 amide bonds. The van der Waals surface area contributed by atoms with Crippen molar-refractivity contribution in [2.24, 2.45) is 0 Å². The number of benzene rings is 2. The molecule has 0 atom stereocenters. The summed E-state index contributed by atoms with van der Waals surface area (Å²) >= 11 is 5.99. The number of nitrogens with one attached hydrogen (secondary N) is 1. The van der Waals surface area contributed by atoms with Gasteiger partial charge in [-0.05, 0) is 49.6 Å². The fourth-order valence-corrected chi connectivity index (χ4v) is 4.69. The average Bonchev–Trinajstić information content (AvgIpc) is 3.58. The van der Waals surface area contributed by atoms with E-state index in [1.807, 2.05) is 0 Å². The van der Waals surface area contributed by atoms with E-state index in [1.54, 1.807) is 42.5 Å². The van der Waals surface area contributed by atoms with Crippen molar-refractivity contribution in [3.63, 3.8) is 0 Å². The summed E-state index contributed by atoms with van der Waals surface area (Å²) in [4.78, 5) is 39.2. The predicted octanol–water partition coefficient (Wildman–Crippen LogP) is 5.05. The second kappa shape index (κ2) is 9.09. The van der Waals surface area contributed by atoms with Crippen LogP contribution < -0.4 is 10.2 Å². The van der Waals surface area contributed by atoms with Crippen LogP contribution in [0.15, 0.2) is 48.5 Å². The Morgan fingerprint density at radius 3 is 2.33 bits per heavy atom. The van der Waals surface area contributed by atoms with E-state index in [2.05, 4.69) is 10.4 Å². The number of fused-ring (bicyclic) bond motifs is 1. The number of anilines is 1. The molecule has 11 heteroatoms. The van der Waals surface area contributed by atoms with Gasteiger partial charge in [-0.15, -0.1) is 0 Å². The Morgan fingerprint density at radius 2 is 1.72 bits per heavy atom. The van der Waals surface area contributed by atoms with Crippen molar-refractivity contribution in [3.05, 3.63) is 81.6 Å². The molecule has 1 N–H and O–H groups in total. The molecule has 186 valence electrons. The van der Waals surface area contributed by atoms with E-state index in [0.29, 0.717) is 23.2 Å². The van der Waals surface area contributed by atoms with E-state index >= 15 is 0 Å². The van der Waals surface area contributed by atoms with Crippen molar-refractivity contribution in [1.29, 1.82) is 0 Å². The van der Waals surface area contributed by atoms with Crippen molar-refractivity contribution in [2.45, 2.75) is 37.9 Å². The van der Waals surface area contributed by atoms with Gasteiger partial charge >= 0.3 is 6.18 Å². The molecular weight excluding hydrogens is 497 g/mol. The molecule has 2 aromatic carbocycles. The van der Waals surface area contributed by atoms with Gasteiger partial charge in [0.15, 0.2) is 5.69 Å². The third-order valence-electron chi connectivity index (χ3n) is 6.16. The molecule has 5 rings (SSSR count). The van der Waals surface area contributed by atoms with Gasteiger partial charge in [-0.2, -0.15) is 18.3 Å². The van der Waals surface area contributed by atoms with Crippen LogP contribution in [0.25, 0.3) is 0 Å². The molecule has 7 nitrogen and oxygen atoms in total. The van der Waals surface area contributed by atoms with Gasteiger partial charge in [-0.1, -0.05) is 29.8 Å². The molecule has 2 heterocycles. The number of aryl methyl sites for hydroxylation is 1. The number of hydrogen-bond donors (Lipinski definition) is 1. The van der Waals surface area contributed by atoms with Crippen molar-refractivity contribution < 1.29 is 27.6 Å². The molecule has 1 saturated carbocycles. The maximum absolute atomic E-state index is 13.2. The number of nitrogens with zero attached hydrogens (tertiary/aromatic N) is 3. The monoisotopic (exact) mass is 516 g/mol. The molecule has 1 aliphatic heterocycles. The summed E-state index contributed by atoms with van der Waals surface area (Å²) in [5.41, 5.74) is 0.424. The van der Waals surface area contributed by atoms with Crippen LogP contribution in [0.4, 0.5) is 18.9 Å². The molecule has 2 aliphatic rings. The Labute approximate surface area is 208 Å². The van der Waals surface area contributed by atoms with E-state index in [9.17, 15) is 27.6 Å². The minimum Gasteiger partial charge on any atom is -0.352 e. The predicted molar refractivity (Wildman–Crippen MR) is 125 cm³/mol. The molecule has 1 fully saturated rings. The molecule has 0 unspecified atom stereocenters. The normalized spacial score (nSPS) is 15.4. The van der Waals surface area contributed by atoms with Gasteiger partial charge in [-0.25, -0.2) is 4.90 Å². The van der Waals surface area contributed by atoms with Gasteiger partial charge in [0.05, 0.1) is 27.5 Å². The lowest BCUT2D eigenvalue weighted by molar-refractivity contribution is -0.141.